The number of hydrogen-bond donors (Lipinski definition) is 1. The van der Waals surface area contributed by atoms with Gasteiger partial charge in [-0.15, -0.1) is 0 Å². The van der Waals surface area contributed by atoms with Crippen molar-refractivity contribution in [3.05, 3.63) is 60.2 Å². The Morgan fingerprint density at radius 3 is 2.68 bits per heavy atom. The predicted octanol–water partition coefficient (Wildman–Crippen LogP) is 3.33. The van der Waals surface area contributed by atoms with Gasteiger partial charge in [0.2, 0.25) is 11.7 Å². The van der Waals surface area contributed by atoms with Crippen molar-refractivity contribution in [1.29, 1.82) is 0 Å². The Kier molecular flexibility index (Phi) is 4.43. The van der Waals surface area contributed by atoms with Crippen molar-refractivity contribution in [2.45, 2.75) is 25.7 Å². The summed E-state index contributed by atoms with van der Waals surface area (Å²) in [6.07, 6.45) is -1.48. The van der Waals surface area contributed by atoms with E-state index >= 15 is 0 Å². The highest BCUT2D eigenvalue weighted by molar-refractivity contribution is 5.84. The number of imidazole rings is 1. The van der Waals surface area contributed by atoms with Crippen molar-refractivity contribution in [2.24, 2.45) is 0 Å². The molecule has 0 bridgehead atoms. The van der Waals surface area contributed by atoms with Crippen LogP contribution >= 0.6 is 0 Å². The minimum absolute atomic E-state index is 0.186. The first-order valence-electron chi connectivity index (χ1n) is 7.58. The van der Waals surface area contributed by atoms with Gasteiger partial charge in [0.15, 0.2) is 0 Å². The smallest absolute Gasteiger partial charge is 0.350 e. The maximum atomic E-state index is 13.3. The number of hydrogen-bond acceptors (Lipinski definition) is 3. The number of benzene rings is 1. The second kappa shape index (κ2) is 6.54. The Morgan fingerprint density at radius 2 is 2.00 bits per heavy atom. The van der Waals surface area contributed by atoms with Gasteiger partial charge in [-0.2, -0.15) is 13.2 Å². The molecular formula is C17H15F3N4O. The van der Waals surface area contributed by atoms with Gasteiger partial charge in [-0.3, -0.25) is 9.78 Å². The number of alkyl halides is 3. The topological polar surface area (TPSA) is 59.8 Å². The third kappa shape index (κ3) is 3.47. The van der Waals surface area contributed by atoms with Gasteiger partial charge in [0, 0.05) is 18.9 Å². The normalized spacial score (nSPS) is 13.0. The molecule has 0 aliphatic rings. The standard InChI is InChI=1S/C17H15F3N4O/c1-11(15(25)22-10-12-5-4-8-21-9-12)24-14-7-3-2-6-13(14)23-16(24)17(18,19)20/h2-9,11H,10H2,1H3,(H,22,25)/t11-/m1/s1. The first kappa shape index (κ1) is 16.9. The van der Waals surface area contributed by atoms with Crippen molar-refractivity contribution in [3.63, 3.8) is 0 Å². The molecule has 1 atom stereocenters. The lowest BCUT2D eigenvalue weighted by molar-refractivity contribution is -0.148. The molecule has 25 heavy (non-hydrogen) atoms. The summed E-state index contributed by atoms with van der Waals surface area (Å²) in [4.78, 5) is 20.0. The molecule has 0 aliphatic carbocycles. The maximum Gasteiger partial charge on any atom is 0.449 e. The van der Waals surface area contributed by atoms with Crippen LogP contribution in [0.3, 0.4) is 0 Å². The van der Waals surface area contributed by atoms with Crippen LogP contribution < -0.4 is 5.32 Å². The molecule has 0 saturated carbocycles. The Bertz CT molecular complexity index is 890. The second-order valence-electron chi connectivity index (χ2n) is 5.55. The third-order valence-corrected chi connectivity index (χ3v) is 3.81. The Balaban J connectivity index is 1.90. The van der Waals surface area contributed by atoms with Gasteiger partial charge < -0.3 is 9.88 Å². The quantitative estimate of drug-likeness (QED) is 0.787. The van der Waals surface area contributed by atoms with Crippen LogP contribution in [0.25, 0.3) is 11.0 Å². The van der Waals surface area contributed by atoms with E-state index in [0.717, 1.165) is 10.1 Å². The summed E-state index contributed by atoms with van der Waals surface area (Å²) >= 11 is 0. The highest BCUT2D eigenvalue weighted by atomic mass is 19.4. The molecular weight excluding hydrogens is 333 g/mol. The number of carbonyl (C=O) groups is 1. The van der Waals surface area contributed by atoms with E-state index in [1.165, 1.54) is 19.1 Å². The monoisotopic (exact) mass is 348 g/mol. The molecule has 1 aromatic carbocycles. The summed E-state index contributed by atoms with van der Waals surface area (Å²) in [6, 6.07) is 8.64. The van der Waals surface area contributed by atoms with Crippen LogP contribution in [0.5, 0.6) is 0 Å². The van der Waals surface area contributed by atoms with Crippen molar-refractivity contribution in [2.75, 3.05) is 0 Å². The molecule has 1 N–H and O–H groups in total. The van der Waals surface area contributed by atoms with Crippen molar-refractivity contribution >= 4 is 16.9 Å². The minimum Gasteiger partial charge on any atom is -0.350 e. The summed E-state index contributed by atoms with van der Waals surface area (Å²) < 4.78 is 40.9. The lowest BCUT2D eigenvalue weighted by atomic mass is 10.2. The highest BCUT2D eigenvalue weighted by Crippen LogP contribution is 2.33. The Morgan fingerprint density at radius 1 is 1.24 bits per heavy atom. The van der Waals surface area contributed by atoms with Gasteiger partial charge in [-0.05, 0) is 30.7 Å². The average molecular weight is 348 g/mol. The molecule has 0 saturated heterocycles. The van der Waals surface area contributed by atoms with E-state index in [2.05, 4.69) is 15.3 Å². The molecule has 0 radical (unpaired) electrons. The van der Waals surface area contributed by atoms with Gasteiger partial charge >= 0.3 is 6.18 Å². The number of halogens is 3. The van der Waals surface area contributed by atoms with Crippen LogP contribution in [0, 0.1) is 0 Å². The zero-order valence-corrected chi connectivity index (χ0v) is 13.3. The van der Waals surface area contributed by atoms with Crippen molar-refractivity contribution < 1.29 is 18.0 Å². The third-order valence-electron chi connectivity index (χ3n) is 3.81. The van der Waals surface area contributed by atoms with Crippen LogP contribution in [0.2, 0.25) is 0 Å². The number of amides is 1. The number of carbonyl (C=O) groups excluding carboxylic acids is 1. The van der Waals surface area contributed by atoms with E-state index in [9.17, 15) is 18.0 Å². The van der Waals surface area contributed by atoms with E-state index in [4.69, 9.17) is 0 Å². The van der Waals surface area contributed by atoms with E-state index < -0.39 is 23.9 Å². The Labute approximate surface area is 141 Å². The second-order valence-corrected chi connectivity index (χ2v) is 5.55. The summed E-state index contributed by atoms with van der Waals surface area (Å²) in [6.45, 7) is 1.60. The first-order chi connectivity index (χ1) is 11.9. The van der Waals surface area contributed by atoms with Crippen LogP contribution in [-0.2, 0) is 17.5 Å². The number of para-hydroxylation sites is 2. The summed E-state index contributed by atoms with van der Waals surface area (Å²) in [7, 11) is 0. The molecule has 0 aliphatic heterocycles. The number of aromatic nitrogens is 3. The van der Waals surface area contributed by atoms with Gasteiger partial charge in [0.1, 0.15) is 6.04 Å². The van der Waals surface area contributed by atoms with Crippen molar-refractivity contribution in [1.82, 2.24) is 19.9 Å². The number of pyridine rings is 1. The van der Waals surface area contributed by atoms with E-state index in [0.29, 0.717) is 0 Å². The molecule has 130 valence electrons. The molecule has 0 fully saturated rings. The molecule has 2 aromatic heterocycles. The van der Waals surface area contributed by atoms with Crippen LogP contribution in [0.1, 0.15) is 24.4 Å². The summed E-state index contributed by atoms with van der Waals surface area (Å²) in [5, 5.41) is 2.64. The lowest BCUT2D eigenvalue weighted by Gasteiger charge is -2.18. The van der Waals surface area contributed by atoms with Gasteiger partial charge in [0.05, 0.1) is 11.0 Å². The minimum atomic E-state index is -4.66. The summed E-state index contributed by atoms with van der Waals surface area (Å²) in [5.74, 6) is -1.62. The fourth-order valence-electron chi connectivity index (χ4n) is 2.59. The van der Waals surface area contributed by atoms with Gasteiger partial charge in [0.25, 0.3) is 0 Å². The lowest BCUT2D eigenvalue weighted by Crippen LogP contribution is -2.32. The molecule has 0 unspecified atom stereocenters. The highest BCUT2D eigenvalue weighted by Gasteiger charge is 2.39. The molecule has 5 nitrogen and oxygen atoms in total. The van der Waals surface area contributed by atoms with E-state index in [1.54, 1.807) is 36.7 Å². The molecule has 8 heteroatoms. The fourth-order valence-corrected chi connectivity index (χ4v) is 2.59. The van der Waals surface area contributed by atoms with E-state index in [1.807, 2.05) is 0 Å². The number of nitrogens with one attached hydrogen (secondary N) is 1. The maximum absolute atomic E-state index is 13.3. The van der Waals surface area contributed by atoms with Gasteiger partial charge in [-0.25, -0.2) is 4.98 Å². The number of nitrogens with zero attached hydrogens (tertiary/aromatic N) is 3. The number of fused-ring (bicyclic) bond motifs is 1. The van der Waals surface area contributed by atoms with Crippen molar-refractivity contribution in [3.8, 4) is 0 Å². The van der Waals surface area contributed by atoms with Crippen LogP contribution in [-0.4, -0.2) is 20.4 Å². The first-order valence-corrected chi connectivity index (χ1v) is 7.58. The van der Waals surface area contributed by atoms with Crippen LogP contribution in [0.15, 0.2) is 48.8 Å². The van der Waals surface area contributed by atoms with Gasteiger partial charge in [-0.1, -0.05) is 18.2 Å². The zero-order valence-electron chi connectivity index (χ0n) is 13.3. The molecule has 2 heterocycles. The molecule has 3 rings (SSSR count). The SMILES string of the molecule is C[C@H](C(=O)NCc1cccnc1)n1c(C(F)(F)F)nc2ccccc21. The molecule has 1 amide bonds. The fraction of sp³-hybridized carbons (Fsp3) is 0.235. The summed E-state index contributed by atoms with van der Waals surface area (Å²) in [5.41, 5.74) is 1.22. The predicted molar refractivity (Wildman–Crippen MR) is 85.5 cm³/mol. The average Bonchev–Trinajstić information content (AvgIpc) is 3.00. The molecule has 0 spiro atoms. The van der Waals surface area contributed by atoms with Crippen LogP contribution in [0.4, 0.5) is 13.2 Å². The molecule has 3 aromatic rings. The number of rotatable bonds is 4. The zero-order chi connectivity index (χ0) is 18.0. The largest absolute Gasteiger partial charge is 0.449 e. The van der Waals surface area contributed by atoms with E-state index in [-0.39, 0.29) is 17.6 Å². The Hall–Kier alpha value is -2.90.